The zero-order valence-electron chi connectivity index (χ0n) is 11.5. The van der Waals surface area contributed by atoms with Crippen LogP contribution in [-0.2, 0) is 0 Å². The summed E-state index contributed by atoms with van der Waals surface area (Å²) in [6.07, 6.45) is 9.27. The highest BCUT2D eigenvalue weighted by atomic mass is 32.2. The van der Waals surface area contributed by atoms with Crippen LogP contribution >= 0.6 is 11.8 Å². The van der Waals surface area contributed by atoms with Gasteiger partial charge in [0.25, 0.3) is 0 Å². The molecule has 1 unspecified atom stereocenters. The molecule has 1 aromatic carbocycles. The molecular formula is C16H22FNS. The molecule has 1 atom stereocenters. The minimum absolute atomic E-state index is 0.134. The molecular weight excluding hydrogens is 257 g/mol. The fraction of sp³-hybridized carbons (Fsp3) is 0.500. The lowest BCUT2D eigenvalue weighted by Gasteiger charge is -2.17. The Morgan fingerprint density at radius 2 is 2.21 bits per heavy atom. The van der Waals surface area contributed by atoms with Crippen molar-refractivity contribution >= 4 is 11.8 Å². The number of rotatable bonds is 9. The van der Waals surface area contributed by atoms with Crippen molar-refractivity contribution in [1.29, 1.82) is 0 Å². The number of terminal acetylenes is 1. The smallest absolute Gasteiger partial charge is 0.136 e. The number of unbranched alkanes of at least 4 members (excludes halogenated alkanes) is 1. The second-order valence-corrected chi connectivity index (χ2v) is 5.55. The van der Waals surface area contributed by atoms with Gasteiger partial charge in [-0.3, -0.25) is 0 Å². The first-order valence-corrected chi connectivity index (χ1v) is 7.80. The van der Waals surface area contributed by atoms with Crippen LogP contribution in [0.5, 0.6) is 0 Å². The largest absolute Gasteiger partial charge is 0.313 e. The molecule has 104 valence electrons. The van der Waals surface area contributed by atoms with Crippen LogP contribution in [-0.4, -0.2) is 18.3 Å². The standard InChI is InChI=1S/C16H22FNS/c1-3-5-6-9-14(18-12-4-2)13-19-16-11-8-7-10-15(16)17/h1,7-8,10-11,14,18H,4-6,9,12-13H2,2H3. The lowest BCUT2D eigenvalue weighted by molar-refractivity contribution is 0.507. The Labute approximate surface area is 120 Å². The molecule has 0 saturated carbocycles. The van der Waals surface area contributed by atoms with Gasteiger partial charge in [0.2, 0.25) is 0 Å². The molecule has 1 rings (SSSR count). The normalized spacial score (nSPS) is 12.1. The van der Waals surface area contributed by atoms with Crippen LogP contribution in [0, 0.1) is 18.2 Å². The van der Waals surface area contributed by atoms with E-state index in [1.807, 2.05) is 12.1 Å². The third-order valence-electron chi connectivity index (χ3n) is 2.83. The summed E-state index contributed by atoms with van der Waals surface area (Å²) in [6, 6.07) is 7.34. The molecule has 0 radical (unpaired) electrons. The Hall–Kier alpha value is -0.980. The van der Waals surface area contributed by atoms with Crippen molar-refractivity contribution in [3.05, 3.63) is 30.1 Å². The maximum absolute atomic E-state index is 13.5. The minimum atomic E-state index is -0.134. The van der Waals surface area contributed by atoms with Crippen molar-refractivity contribution in [2.24, 2.45) is 0 Å². The average molecular weight is 279 g/mol. The van der Waals surface area contributed by atoms with E-state index in [1.54, 1.807) is 17.8 Å². The van der Waals surface area contributed by atoms with Gasteiger partial charge in [-0.15, -0.1) is 24.1 Å². The zero-order chi connectivity index (χ0) is 13.9. The lowest BCUT2D eigenvalue weighted by Crippen LogP contribution is -2.32. The number of halogens is 1. The Morgan fingerprint density at radius 3 is 2.89 bits per heavy atom. The third-order valence-corrected chi connectivity index (χ3v) is 4.04. The molecule has 19 heavy (non-hydrogen) atoms. The van der Waals surface area contributed by atoms with Crippen LogP contribution in [0.15, 0.2) is 29.2 Å². The Bertz CT molecular complexity index is 400. The first kappa shape index (κ1) is 16.1. The van der Waals surface area contributed by atoms with E-state index in [1.165, 1.54) is 6.07 Å². The number of hydrogen-bond donors (Lipinski definition) is 1. The van der Waals surface area contributed by atoms with Gasteiger partial charge in [0.1, 0.15) is 5.82 Å². The first-order valence-electron chi connectivity index (χ1n) is 6.82. The molecule has 0 aliphatic heterocycles. The summed E-state index contributed by atoms with van der Waals surface area (Å²) in [5, 5.41) is 3.51. The highest BCUT2D eigenvalue weighted by Gasteiger charge is 2.09. The molecule has 0 fully saturated rings. The molecule has 1 N–H and O–H groups in total. The second kappa shape index (κ2) is 9.89. The van der Waals surface area contributed by atoms with E-state index in [-0.39, 0.29) is 5.82 Å². The SMILES string of the molecule is C#CCCCC(CSc1ccccc1F)NCCC. The topological polar surface area (TPSA) is 12.0 Å². The van der Waals surface area contributed by atoms with Crippen molar-refractivity contribution in [3.8, 4) is 12.3 Å². The molecule has 0 spiro atoms. The summed E-state index contributed by atoms with van der Waals surface area (Å²) in [6.45, 7) is 3.15. The van der Waals surface area contributed by atoms with Crippen molar-refractivity contribution in [2.45, 2.75) is 43.5 Å². The van der Waals surface area contributed by atoms with E-state index in [2.05, 4.69) is 18.2 Å². The predicted octanol–water partition coefficient (Wildman–Crippen LogP) is 4.09. The van der Waals surface area contributed by atoms with Crippen molar-refractivity contribution in [2.75, 3.05) is 12.3 Å². The third kappa shape index (κ3) is 6.66. The molecule has 0 aliphatic rings. The van der Waals surface area contributed by atoms with Gasteiger partial charge < -0.3 is 5.32 Å². The van der Waals surface area contributed by atoms with Gasteiger partial charge >= 0.3 is 0 Å². The molecule has 0 amide bonds. The van der Waals surface area contributed by atoms with Crippen LogP contribution in [0.2, 0.25) is 0 Å². The van der Waals surface area contributed by atoms with Crippen molar-refractivity contribution in [1.82, 2.24) is 5.32 Å². The van der Waals surface area contributed by atoms with E-state index in [0.29, 0.717) is 6.04 Å². The van der Waals surface area contributed by atoms with Crippen molar-refractivity contribution < 1.29 is 4.39 Å². The predicted molar refractivity (Wildman–Crippen MR) is 81.9 cm³/mol. The fourth-order valence-electron chi connectivity index (χ4n) is 1.80. The summed E-state index contributed by atoms with van der Waals surface area (Å²) < 4.78 is 13.5. The molecule has 0 aromatic heterocycles. The summed E-state index contributed by atoms with van der Waals surface area (Å²) >= 11 is 1.57. The summed E-state index contributed by atoms with van der Waals surface area (Å²) in [4.78, 5) is 0.725. The number of nitrogens with one attached hydrogen (secondary N) is 1. The molecule has 0 saturated heterocycles. The van der Waals surface area contributed by atoms with Gasteiger partial charge in [-0.2, -0.15) is 0 Å². The van der Waals surface area contributed by atoms with Gasteiger partial charge in [0.15, 0.2) is 0 Å². The van der Waals surface area contributed by atoms with Gasteiger partial charge in [0.05, 0.1) is 0 Å². The number of hydrogen-bond acceptors (Lipinski definition) is 2. The van der Waals surface area contributed by atoms with E-state index >= 15 is 0 Å². The summed E-state index contributed by atoms with van der Waals surface area (Å²) in [5.74, 6) is 3.41. The number of benzene rings is 1. The maximum Gasteiger partial charge on any atom is 0.136 e. The molecule has 0 aliphatic carbocycles. The fourth-order valence-corrected chi connectivity index (χ4v) is 2.84. The van der Waals surface area contributed by atoms with Crippen LogP contribution in [0.4, 0.5) is 4.39 Å². The van der Waals surface area contributed by atoms with Gasteiger partial charge in [-0.1, -0.05) is 19.1 Å². The molecule has 1 nitrogen and oxygen atoms in total. The quantitative estimate of drug-likeness (QED) is 0.415. The Balaban J connectivity index is 2.43. The van der Waals surface area contributed by atoms with E-state index in [9.17, 15) is 4.39 Å². The van der Waals surface area contributed by atoms with Gasteiger partial charge in [-0.25, -0.2) is 4.39 Å². The summed E-state index contributed by atoms with van der Waals surface area (Å²) in [7, 11) is 0. The van der Waals surface area contributed by atoms with E-state index in [4.69, 9.17) is 6.42 Å². The zero-order valence-corrected chi connectivity index (χ0v) is 12.3. The van der Waals surface area contributed by atoms with E-state index in [0.717, 1.165) is 42.9 Å². The highest BCUT2D eigenvalue weighted by Crippen LogP contribution is 2.22. The number of thioether (sulfide) groups is 1. The maximum atomic E-state index is 13.5. The second-order valence-electron chi connectivity index (χ2n) is 4.49. The minimum Gasteiger partial charge on any atom is -0.313 e. The average Bonchev–Trinajstić information content (AvgIpc) is 2.43. The van der Waals surface area contributed by atoms with Gasteiger partial charge in [-0.05, 0) is 37.9 Å². The molecule has 3 heteroatoms. The van der Waals surface area contributed by atoms with Crippen LogP contribution in [0.25, 0.3) is 0 Å². The lowest BCUT2D eigenvalue weighted by atomic mass is 10.1. The van der Waals surface area contributed by atoms with Crippen LogP contribution in [0.3, 0.4) is 0 Å². The van der Waals surface area contributed by atoms with Crippen molar-refractivity contribution in [3.63, 3.8) is 0 Å². The Morgan fingerprint density at radius 1 is 1.42 bits per heavy atom. The monoisotopic (exact) mass is 279 g/mol. The first-order chi connectivity index (χ1) is 9.27. The molecule has 0 bridgehead atoms. The van der Waals surface area contributed by atoms with Crippen LogP contribution < -0.4 is 5.32 Å². The van der Waals surface area contributed by atoms with Gasteiger partial charge in [0, 0.05) is 23.1 Å². The molecule has 1 aromatic rings. The van der Waals surface area contributed by atoms with Crippen LogP contribution in [0.1, 0.15) is 32.6 Å². The summed E-state index contributed by atoms with van der Waals surface area (Å²) in [5.41, 5.74) is 0. The Kier molecular flexibility index (Phi) is 8.36. The molecule has 0 heterocycles. The highest BCUT2D eigenvalue weighted by molar-refractivity contribution is 7.99. The van der Waals surface area contributed by atoms with E-state index < -0.39 is 0 Å².